The summed E-state index contributed by atoms with van der Waals surface area (Å²) in [6.45, 7) is 2.14. The predicted molar refractivity (Wildman–Crippen MR) is 85.4 cm³/mol. The van der Waals surface area contributed by atoms with Crippen molar-refractivity contribution in [2.24, 2.45) is 0 Å². The summed E-state index contributed by atoms with van der Waals surface area (Å²) in [6, 6.07) is 11.7. The highest BCUT2D eigenvalue weighted by Crippen LogP contribution is 2.32. The minimum absolute atomic E-state index is 0.195. The first kappa shape index (κ1) is 14.9. The van der Waals surface area contributed by atoms with Crippen LogP contribution in [0, 0.1) is 0 Å². The molecule has 0 heterocycles. The molecule has 0 atom stereocenters. The van der Waals surface area contributed by atoms with Crippen LogP contribution in [0.15, 0.2) is 48.5 Å². The van der Waals surface area contributed by atoms with Crippen LogP contribution in [-0.4, -0.2) is 24.5 Å². The normalized spacial score (nSPS) is 13.3. The molecular weight excluding hydrogens is 292 g/mol. The number of ketones is 2. The topological polar surface area (TPSA) is 60.4 Å². The van der Waals surface area contributed by atoms with E-state index in [2.05, 4.69) is 0 Å². The van der Waals surface area contributed by atoms with Gasteiger partial charge < -0.3 is 4.74 Å². The maximum atomic E-state index is 12.9. The summed E-state index contributed by atoms with van der Waals surface area (Å²) in [6.07, 6.45) is 1.87. The minimum Gasteiger partial charge on any atom is -0.493 e. The number of allylic oxidation sites excluding steroid dienone is 1. The largest absolute Gasteiger partial charge is 0.493 e. The zero-order chi connectivity index (χ0) is 16.4. The monoisotopic (exact) mass is 306 g/mol. The molecule has 114 valence electrons. The molecule has 4 heteroatoms. The van der Waals surface area contributed by atoms with E-state index in [1.807, 2.05) is 0 Å². The average molecular weight is 306 g/mol. The highest BCUT2D eigenvalue weighted by Gasteiger charge is 2.32. The third kappa shape index (κ3) is 2.38. The predicted octanol–water partition coefficient (Wildman–Crippen LogP) is 3.04. The first-order valence-corrected chi connectivity index (χ1v) is 7.29. The number of aldehydes is 1. The standard InChI is InChI=1S/C19H14O4/c1-2-23-16(10-11-20)14-8-5-9-15-17(14)19(22)13-7-4-3-6-12(13)18(15)21/h3-11H,2H2,1H3/b16-10-. The molecule has 0 unspecified atom stereocenters. The van der Waals surface area contributed by atoms with Crippen LogP contribution < -0.4 is 0 Å². The summed E-state index contributed by atoms with van der Waals surface area (Å²) < 4.78 is 5.47. The number of hydrogen-bond donors (Lipinski definition) is 0. The number of benzene rings is 2. The molecule has 1 aliphatic carbocycles. The van der Waals surface area contributed by atoms with Crippen LogP contribution in [0.2, 0.25) is 0 Å². The van der Waals surface area contributed by atoms with Crippen LogP contribution in [0.4, 0.5) is 0 Å². The van der Waals surface area contributed by atoms with Crippen molar-refractivity contribution in [2.45, 2.75) is 6.92 Å². The van der Waals surface area contributed by atoms with E-state index in [1.54, 1.807) is 49.4 Å². The fraction of sp³-hybridized carbons (Fsp3) is 0.105. The van der Waals surface area contributed by atoms with Gasteiger partial charge in [0.1, 0.15) is 12.0 Å². The van der Waals surface area contributed by atoms with Crippen LogP contribution in [0.3, 0.4) is 0 Å². The Bertz CT molecular complexity index is 846. The van der Waals surface area contributed by atoms with Crippen molar-refractivity contribution in [3.05, 3.63) is 76.4 Å². The first-order valence-electron chi connectivity index (χ1n) is 7.29. The molecule has 0 aromatic heterocycles. The van der Waals surface area contributed by atoms with Crippen molar-refractivity contribution < 1.29 is 19.1 Å². The second-order valence-corrected chi connectivity index (χ2v) is 5.03. The highest BCUT2D eigenvalue weighted by atomic mass is 16.5. The lowest BCUT2D eigenvalue weighted by Gasteiger charge is -2.21. The van der Waals surface area contributed by atoms with Crippen molar-refractivity contribution in [1.29, 1.82) is 0 Å². The SMILES string of the molecule is CCO/C(=C\C=O)c1cccc2c1C(=O)c1ccccc1C2=O. The van der Waals surface area contributed by atoms with Gasteiger partial charge in [-0.05, 0) is 6.92 Å². The van der Waals surface area contributed by atoms with Gasteiger partial charge in [0.05, 0.1) is 6.61 Å². The van der Waals surface area contributed by atoms with Gasteiger partial charge in [-0.3, -0.25) is 14.4 Å². The molecule has 0 aliphatic heterocycles. The lowest BCUT2D eigenvalue weighted by atomic mass is 9.81. The van der Waals surface area contributed by atoms with Crippen molar-refractivity contribution in [3.63, 3.8) is 0 Å². The molecule has 2 aromatic rings. The van der Waals surface area contributed by atoms with E-state index >= 15 is 0 Å². The van der Waals surface area contributed by atoms with E-state index in [0.717, 1.165) is 0 Å². The molecule has 0 saturated heterocycles. The van der Waals surface area contributed by atoms with Gasteiger partial charge in [0.15, 0.2) is 11.6 Å². The lowest BCUT2D eigenvalue weighted by molar-refractivity contribution is -0.104. The Morgan fingerprint density at radius 2 is 1.61 bits per heavy atom. The molecule has 0 N–H and O–H groups in total. The smallest absolute Gasteiger partial charge is 0.195 e. The Morgan fingerprint density at radius 1 is 0.957 bits per heavy atom. The fourth-order valence-corrected chi connectivity index (χ4v) is 2.78. The molecule has 4 nitrogen and oxygen atoms in total. The van der Waals surface area contributed by atoms with Crippen LogP contribution in [0.1, 0.15) is 44.3 Å². The minimum atomic E-state index is -0.234. The Morgan fingerprint density at radius 3 is 2.26 bits per heavy atom. The molecule has 0 spiro atoms. The van der Waals surface area contributed by atoms with Crippen LogP contribution in [0.5, 0.6) is 0 Å². The maximum Gasteiger partial charge on any atom is 0.195 e. The van der Waals surface area contributed by atoms with Gasteiger partial charge >= 0.3 is 0 Å². The fourth-order valence-electron chi connectivity index (χ4n) is 2.78. The Balaban J connectivity index is 2.26. The molecule has 3 rings (SSSR count). The number of fused-ring (bicyclic) bond motifs is 2. The summed E-state index contributed by atoms with van der Waals surface area (Å²) >= 11 is 0. The van der Waals surface area contributed by atoms with Crippen LogP contribution >= 0.6 is 0 Å². The molecule has 23 heavy (non-hydrogen) atoms. The zero-order valence-corrected chi connectivity index (χ0v) is 12.5. The van der Waals surface area contributed by atoms with Gasteiger partial charge in [0, 0.05) is 33.9 Å². The van der Waals surface area contributed by atoms with E-state index < -0.39 is 0 Å². The highest BCUT2D eigenvalue weighted by molar-refractivity contribution is 6.29. The summed E-state index contributed by atoms with van der Waals surface area (Å²) in [7, 11) is 0. The van der Waals surface area contributed by atoms with Gasteiger partial charge in [-0.25, -0.2) is 0 Å². The molecule has 0 amide bonds. The van der Waals surface area contributed by atoms with Gasteiger partial charge in [0.25, 0.3) is 0 Å². The molecule has 0 radical (unpaired) electrons. The number of rotatable bonds is 4. The molecule has 0 saturated carbocycles. The first-order chi connectivity index (χ1) is 11.2. The summed E-state index contributed by atoms with van der Waals surface area (Å²) in [5.41, 5.74) is 1.86. The third-order valence-electron chi connectivity index (χ3n) is 3.74. The van der Waals surface area contributed by atoms with Gasteiger partial charge in [0.2, 0.25) is 0 Å². The number of carbonyl (C=O) groups is 3. The van der Waals surface area contributed by atoms with E-state index in [4.69, 9.17) is 4.74 Å². The van der Waals surface area contributed by atoms with Crippen molar-refractivity contribution >= 4 is 23.6 Å². The molecule has 1 aliphatic rings. The molecule has 0 bridgehead atoms. The van der Waals surface area contributed by atoms with E-state index in [0.29, 0.717) is 40.9 Å². The molecule has 2 aromatic carbocycles. The molecular formula is C19H14O4. The Kier molecular flexibility index (Phi) is 3.89. The van der Waals surface area contributed by atoms with Crippen molar-refractivity contribution in [3.8, 4) is 0 Å². The van der Waals surface area contributed by atoms with Crippen molar-refractivity contribution in [2.75, 3.05) is 6.61 Å². The number of hydrogen-bond acceptors (Lipinski definition) is 4. The third-order valence-corrected chi connectivity index (χ3v) is 3.74. The van der Waals surface area contributed by atoms with E-state index in [-0.39, 0.29) is 17.1 Å². The van der Waals surface area contributed by atoms with E-state index in [9.17, 15) is 14.4 Å². The Labute approximate surface area is 133 Å². The van der Waals surface area contributed by atoms with Gasteiger partial charge in [-0.15, -0.1) is 0 Å². The van der Waals surface area contributed by atoms with Crippen molar-refractivity contribution in [1.82, 2.24) is 0 Å². The van der Waals surface area contributed by atoms with Crippen LogP contribution in [0.25, 0.3) is 5.76 Å². The maximum absolute atomic E-state index is 12.9. The summed E-state index contributed by atoms with van der Waals surface area (Å²) in [5.74, 6) is -0.138. The second-order valence-electron chi connectivity index (χ2n) is 5.03. The quantitative estimate of drug-likeness (QED) is 0.422. The average Bonchev–Trinajstić information content (AvgIpc) is 2.59. The van der Waals surface area contributed by atoms with Gasteiger partial charge in [-0.2, -0.15) is 0 Å². The summed E-state index contributed by atoms with van der Waals surface area (Å²) in [4.78, 5) is 36.4. The number of carbonyl (C=O) groups excluding carboxylic acids is 3. The zero-order valence-electron chi connectivity index (χ0n) is 12.5. The summed E-state index contributed by atoms with van der Waals surface area (Å²) in [5, 5.41) is 0. The van der Waals surface area contributed by atoms with Gasteiger partial charge in [-0.1, -0.05) is 42.5 Å². The number of ether oxygens (including phenoxy) is 1. The van der Waals surface area contributed by atoms with Crippen LogP contribution in [-0.2, 0) is 9.53 Å². The molecule has 0 fully saturated rings. The second kappa shape index (κ2) is 6.01. The lowest BCUT2D eigenvalue weighted by Crippen LogP contribution is -2.22. The van der Waals surface area contributed by atoms with E-state index in [1.165, 1.54) is 6.08 Å². The Hall–Kier alpha value is -3.01.